The molecule has 1 saturated heterocycles. The number of rotatable bonds is 3. The second kappa shape index (κ2) is 5.47. The number of hydrogen-bond acceptors (Lipinski definition) is 2. The molecule has 1 fully saturated rings. The van der Waals surface area contributed by atoms with Crippen molar-refractivity contribution in [1.29, 1.82) is 0 Å². The summed E-state index contributed by atoms with van der Waals surface area (Å²) >= 11 is 11.9. The molecule has 1 radical (unpaired) electrons. The summed E-state index contributed by atoms with van der Waals surface area (Å²) < 4.78 is 0. The number of halogens is 2. The van der Waals surface area contributed by atoms with Crippen LogP contribution in [0.1, 0.15) is 26.2 Å². The zero-order valence-electron chi connectivity index (χ0n) is 9.79. The summed E-state index contributed by atoms with van der Waals surface area (Å²) in [7, 11) is 0. The van der Waals surface area contributed by atoms with Gasteiger partial charge in [0.25, 0.3) is 0 Å². The maximum Gasteiger partial charge on any atom is 0.0738 e. The lowest BCUT2D eigenvalue weighted by Gasteiger charge is -2.25. The molecule has 0 bridgehead atoms. The first-order valence-electron chi connectivity index (χ1n) is 5.87. The van der Waals surface area contributed by atoms with Crippen molar-refractivity contribution >= 4 is 28.9 Å². The molecule has 1 N–H and O–H groups in total. The molecule has 1 heterocycles. The molecule has 2 nitrogen and oxygen atoms in total. The molecular formula is C13H16Cl2NO. The SMILES string of the molecule is CCC[C]1C[C@@H](O)CN1c1ccc(Cl)c(Cl)c1. The number of hydrogen-bond donors (Lipinski definition) is 1. The van der Waals surface area contributed by atoms with Crippen LogP contribution < -0.4 is 4.90 Å². The van der Waals surface area contributed by atoms with E-state index in [2.05, 4.69) is 11.8 Å². The minimum Gasteiger partial charge on any atom is -0.391 e. The van der Waals surface area contributed by atoms with Crippen molar-refractivity contribution in [1.82, 2.24) is 0 Å². The Labute approximate surface area is 112 Å². The van der Waals surface area contributed by atoms with Crippen molar-refractivity contribution < 1.29 is 5.11 Å². The Morgan fingerprint density at radius 3 is 2.76 bits per heavy atom. The predicted octanol–water partition coefficient (Wildman–Crippen LogP) is 3.90. The molecule has 4 heteroatoms. The zero-order valence-corrected chi connectivity index (χ0v) is 11.3. The molecule has 0 unspecified atom stereocenters. The van der Waals surface area contributed by atoms with Gasteiger partial charge in [0.15, 0.2) is 0 Å². The molecule has 0 amide bonds. The van der Waals surface area contributed by atoms with Crippen LogP contribution in [0.3, 0.4) is 0 Å². The van der Waals surface area contributed by atoms with Crippen LogP contribution in [0.2, 0.25) is 10.0 Å². The Hall–Kier alpha value is -0.440. The molecule has 1 aliphatic rings. The van der Waals surface area contributed by atoms with Crippen LogP contribution in [0.5, 0.6) is 0 Å². The van der Waals surface area contributed by atoms with Gasteiger partial charge >= 0.3 is 0 Å². The van der Waals surface area contributed by atoms with Gasteiger partial charge in [-0.15, -0.1) is 0 Å². The molecule has 1 aromatic rings. The molecule has 0 aliphatic carbocycles. The topological polar surface area (TPSA) is 23.5 Å². The van der Waals surface area contributed by atoms with Gasteiger partial charge in [-0.2, -0.15) is 0 Å². The summed E-state index contributed by atoms with van der Waals surface area (Å²) in [4.78, 5) is 2.15. The minimum absolute atomic E-state index is 0.272. The van der Waals surface area contributed by atoms with Crippen LogP contribution in [-0.2, 0) is 0 Å². The molecular weight excluding hydrogens is 257 g/mol. The van der Waals surface area contributed by atoms with E-state index in [1.165, 1.54) is 6.04 Å². The van der Waals surface area contributed by atoms with Crippen molar-refractivity contribution in [2.45, 2.75) is 32.3 Å². The standard InChI is InChI=1S/C13H16Cl2NO/c1-2-3-9-6-11(17)8-16(9)10-4-5-12(14)13(15)7-10/h4-5,7,11,17H,2-3,6,8H2,1H3/t11-/m1/s1. The predicted molar refractivity (Wildman–Crippen MR) is 72.6 cm³/mol. The summed E-state index contributed by atoms with van der Waals surface area (Å²) in [6.07, 6.45) is 2.58. The van der Waals surface area contributed by atoms with Gasteiger partial charge < -0.3 is 10.0 Å². The Balaban J connectivity index is 2.22. The highest BCUT2D eigenvalue weighted by Gasteiger charge is 2.31. The van der Waals surface area contributed by atoms with Crippen molar-refractivity contribution in [3.05, 3.63) is 34.3 Å². The number of aliphatic hydroxyl groups excluding tert-OH is 1. The van der Waals surface area contributed by atoms with Crippen LogP contribution >= 0.6 is 23.2 Å². The highest BCUT2D eigenvalue weighted by Crippen LogP contribution is 2.36. The Kier molecular flexibility index (Phi) is 4.18. The van der Waals surface area contributed by atoms with Gasteiger partial charge in [0.05, 0.1) is 22.2 Å². The average Bonchev–Trinajstić information content (AvgIpc) is 2.64. The fraction of sp³-hybridized carbons (Fsp3) is 0.462. The van der Waals surface area contributed by atoms with Gasteiger partial charge in [0.2, 0.25) is 0 Å². The third-order valence-electron chi connectivity index (χ3n) is 3.00. The second-order valence-corrected chi connectivity index (χ2v) is 5.20. The summed E-state index contributed by atoms with van der Waals surface area (Å²) in [5.41, 5.74) is 1.01. The van der Waals surface area contributed by atoms with Crippen LogP contribution in [0.25, 0.3) is 0 Å². The van der Waals surface area contributed by atoms with Crippen LogP contribution in [0.4, 0.5) is 5.69 Å². The lowest BCUT2D eigenvalue weighted by atomic mass is 10.1. The summed E-state index contributed by atoms with van der Waals surface area (Å²) in [5, 5.41) is 10.9. The van der Waals surface area contributed by atoms with E-state index in [4.69, 9.17) is 23.2 Å². The first kappa shape index (κ1) is 13.0. The third-order valence-corrected chi connectivity index (χ3v) is 3.74. The molecule has 0 spiro atoms. The monoisotopic (exact) mass is 272 g/mol. The lowest BCUT2D eigenvalue weighted by Crippen LogP contribution is -2.23. The van der Waals surface area contributed by atoms with E-state index in [1.54, 1.807) is 6.07 Å². The Bertz CT molecular complexity index is 397. The van der Waals surface area contributed by atoms with E-state index in [-0.39, 0.29) is 6.10 Å². The number of β-amino-alcohol motifs (C(OH)–C–C–N with tert-alkyl or cyclic N) is 1. The molecule has 2 rings (SSSR count). The summed E-state index contributed by atoms with van der Waals surface area (Å²) in [5.74, 6) is 0. The van der Waals surface area contributed by atoms with Gasteiger partial charge in [-0.3, -0.25) is 0 Å². The van der Waals surface area contributed by atoms with E-state index in [0.717, 1.165) is 24.9 Å². The first-order valence-corrected chi connectivity index (χ1v) is 6.62. The second-order valence-electron chi connectivity index (χ2n) is 4.38. The molecule has 1 atom stereocenters. The van der Waals surface area contributed by atoms with E-state index in [0.29, 0.717) is 16.6 Å². The van der Waals surface area contributed by atoms with Gasteiger partial charge in [-0.05, 0) is 24.6 Å². The quantitative estimate of drug-likeness (QED) is 0.902. The zero-order chi connectivity index (χ0) is 12.4. The minimum atomic E-state index is -0.272. The van der Waals surface area contributed by atoms with E-state index in [1.807, 2.05) is 12.1 Å². The highest BCUT2D eigenvalue weighted by molar-refractivity contribution is 6.42. The molecule has 1 aromatic carbocycles. The van der Waals surface area contributed by atoms with E-state index >= 15 is 0 Å². The van der Waals surface area contributed by atoms with E-state index in [9.17, 15) is 5.11 Å². The first-order chi connectivity index (χ1) is 8.11. The maximum absolute atomic E-state index is 9.76. The summed E-state index contributed by atoms with van der Waals surface area (Å²) in [6.45, 7) is 2.79. The largest absolute Gasteiger partial charge is 0.391 e. The highest BCUT2D eigenvalue weighted by atomic mass is 35.5. The van der Waals surface area contributed by atoms with Crippen molar-refractivity contribution in [2.75, 3.05) is 11.4 Å². The molecule has 1 aliphatic heterocycles. The Morgan fingerprint density at radius 1 is 1.35 bits per heavy atom. The normalized spacial score (nSPS) is 21.2. The number of benzene rings is 1. The van der Waals surface area contributed by atoms with E-state index < -0.39 is 0 Å². The molecule has 93 valence electrons. The fourth-order valence-electron chi connectivity index (χ4n) is 2.25. The maximum atomic E-state index is 9.76. The van der Waals surface area contributed by atoms with Gasteiger partial charge in [-0.1, -0.05) is 36.5 Å². The van der Waals surface area contributed by atoms with Crippen molar-refractivity contribution in [2.24, 2.45) is 0 Å². The number of aliphatic hydroxyl groups is 1. The van der Waals surface area contributed by atoms with Gasteiger partial charge in [0.1, 0.15) is 0 Å². The van der Waals surface area contributed by atoms with Crippen LogP contribution in [0.15, 0.2) is 18.2 Å². The third kappa shape index (κ3) is 2.87. The lowest BCUT2D eigenvalue weighted by molar-refractivity contribution is 0.198. The van der Waals surface area contributed by atoms with Gasteiger partial charge in [0, 0.05) is 18.7 Å². The fourth-order valence-corrected chi connectivity index (χ4v) is 2.55. The van der Waals surface area contributed by atoms with Crippen LogP contribution in [0, 0.1) is 6.04 Å². The van der Waals surface area contributed by atoms with Crippen LogP contribution in [-0.4, -0.2) is 17.8 Å². The number of nitrogens with zero attached hydrogens (tertiary/aromatic N) is 1. The van der Waals surface area contributed by atoms with Crippen molar-refractivity contribution in [3.63, 3.8) is 0 Å². The van der Waals surface area contributed by atoms with Gasteiger partial charge in [-0.25, -0.2) is 0 Å². The molecule has 0 aromatic heterocycles. The Morgan fingerprint density at radius 2 is 2.12 bits per heavy atom. The average molecular weight is 273 g/mol. The molecule has 17 heavy (non-hydrogen) atoms. The molecule has 0 saturated carbocycles. The smallest absolute Gasteiger partial charge is 0.0738 e. The number of anilines is 1. The van der Waals surface area contributed by atoms with Crippen molar-refractivity contribution in [3.8, 4) is 0 Å². The summed E-state index contributed by atoms with van der Waals surface area (Å²) in [6, 6.07) is 6.88.